The Labute approximate surface area is 90.1 Å². The molecule has 1 nitrogen and oxygen atoms in total. The SMILES string of the molecule is C=Cc1c(/C=C\CC)[nH]c2ccccc12. The highest BCUT2D eigenvalue weighted by Gasteiger charge is 2.04. The lowest BCUT2D eigenvalue weighted by molar-refractivity contribution is 1.23. The summed E-state index contributed by atoms with van der Waals surface area (Å²) in [5.41, 5.74) is 3.51. The molecule has 1 aromatic carbocycles. The van der Waals surface area contributed by atoms with Gasteiger partial charge in [-0.05, 0) is 18.6 Å². The van der Waals surface area contributed by atoms with Gasteiger partial charge < -0.3 is 4.98 Å². The van der Waals surface area contributed by atoms with Gasteiger partial charge in [0.15, 0.2) is 0 Å². The Kier molecular flexibility index (Phi) is 2.72. The van der Waals surface area contributed by atoms with Gasteiger partial charge in [0.2, 0.25) is 0 Å². The molecule has 0 fully saturated rings. The number of aromatic nitrogens is 1. The summed E-state index contributed by atoms with van der Waals surface area (Å²) in [6, 6.07) is 8.30. The molecule has 0 atom stereocenters. The van der Waals surface area contributed by atoms with E-state index in [0.29, 0.717) is 0 Å². The van der Waals surface area contributed by atoms with Gasteiger partial charge >= 0.3 is 0 Å². The monoisotopic (exact) mass is 197 g/mol. The summed E-state index contributed by atoms with van der Waals surface area (Å²) in [6.45, 7) is 6.00. The Hall–Kier alpha value is -1.76. The first kappa shape index (κ1) is 9.78. The molecule has 0 saturated heterocycles. The van der Waals surface area contributed by atoms with Crippen molar-refractivity contribution in [2.75, 3.05) is 0 Å². The number of allylic oxidation sites excluding steroid dienone is 1. The highest BCUT2D eigenvalue weighted by atomic mass is 14.7. The van der Waals surface area contributed by atoms with Crippen molar-refractivity contribution in [2.24, 2.45) is 0 Å². The number of fused-ring (bicyclic) bond motifs is 1. The van der Waals surface area contributed by atoms with E-state index in [1.165, 1.54) is 16.5 Å². The fourth-order valence-corrected chi connectivity index (χ4v) is 1.77. The van der Waals surface area contributed by atoms with Crippen molar-refractivity contribution in [3.05, 3.63) is 48.2 Å². The first-order valence-corrected chi connectivity index (χ1v) is 5.26. The summed E-state index contributed by atoms with van der Waals surface area (Å²) in [4.78, 5) is 3.39. The van der Waals surface area contributed by atoms with Gasteiger partial charge in [-0.2, -0.15) is 0 Å². The molecule has 0 unspecified atom stereocenters. The lowest BCUT2D eigenvalue weighted by Gasteiger charge is -1.91. The van der Waals surface area contributed by atoms with Crippen LogP contribution in [0, 0.1) is 0 Å². The van der Waals surface area contributed by atoms with Gasteiger partial charge in [0.05, 0.1) is 0 Å². The number of aromatic amines is 1. The average molecular weight is 197 g/mol. The van der Waals surface area contributed by atoms with Crippen LogP contribution in [-0.2, 0) is 0 Å². The normalized spacial score (nSPS) is 11.3. The van der Waals surface area contributed by atoms with E-state index < -0.39 is 0 Å². The summed E-state index contributed by atoms with van der Waals surface area (Å²) in [7, 11) is 0. The van der Waals surface area contributed by atoms with E-state index in [4.69, 9.17) is 0 Å². The van der Waals surface area contributed by atoms with E-state index in [-0.39, 0.29) is 0 Å². The van der Waals surface area contributed by atoms with Crippen LogP contribution >= 0.6 is 0 Å². The van der Waals surface area contributed by atoms with Gasteiger partial charge in [0.1, 0.15) is 0 Å². The van der Waals surface area contributed by atoms with Crippen LogP contribution in [0.5, 0.6) is 0 Å². The molecule has 0 aliphatic carbocycles. The molecule has 15 heavy (non-hydrogen) atoms. The summed E-state index contributed by atoms with van der Waals surface area (Å²) in [5, 5.41) is 1.24. The largest absolute Gasteiger partial charge is 0.355 e. The first-order valence-electron chi connectivity index (χ1n) is 5.26. The maximum atomic E-state index is 3.87. The minimum atomic E-state index is 1.05. The predicted molar refractivity (Wildman–Crippen MR) is 67.7 cm³/mol. The highest BCUT2D eigenvalue weighted by Crippen LogP contribution is 2.24. The van der Waals surface area contributed by atoms with E-state index in [9.17, 15) is 0 Å². The molecule has 0 radical (unpaired) electrons. The van der Waals surface area contributed by atoms with Gasteiger partial charge in [-0.15, -0.1) is 0 Å². The molecule has 0 saturated carbocycles. The van der Waals surface area contributed by atoms with Crippen molar-refractivity contribution in [1.82, 2.24) is 4.98 Å². The van der Waals surface area contributed by atoms with Crippen molar-refractivity contribution in [3.63, 3.8) is 0 Å². The van der Waals surface area contributed by atoms with Crippen molar-refractivity contribution >= 4 is 23.1 Å². The van der Waals surface area contributed by atoms with E-state index >= 15 is 0 Å². The summed E-state index contributed by atoms with van der Waals surface area (Å²) >= 11 is 0. The summed E-state index contributed by atoms with van der Waals surface area (Å²) in [5.74, 6) is 0. The van der Waals surface area contributed by atoms with E-state index in [0.717, 1.165) is 12.1 Å². The van der Waals surface area contributed by atoms with Gasteiger partial charge in [0.25, 0.3) is 0 Å². The molecule has 2 aromatic rings. The van der Waals surface area contributed by atoms with Crippen LogP contribution in [0.3, 0.4) is 0 Å². The van der Waals surface area contributed by atoms with Crippen LogP contribution in [-0.4, -0.2) is 4.98 Å². The number of para-hydroxylation sites is 1. The Morgan fingerprint density at radius 3 is 2.87 bits per heavy atom. The molecule has 1 heteroatoms. The first-order chi connectivity index (χ1) is 7.36. The zero-order valence-corrected chi connectivity index (χ0v) is 8.96. The van der Waals surface area contributed by atoms with Crippen LogP contribution in [0.15, 0.2) is 36.9 Å². The molecular formula is C14H15N. The van der Waals surface area contributed by atoms with Gasteiger partial charge in [-0.25, -0.2) is 0 Å². The van der Waals surface area contributed by atoms with Gasteiger partial charge in [0, 0.05) is 22.2 Å². The lowest BCUT2D eigenvalue weighted by atomic mass is 10.1. The van der Waals surface area contributed by atoms with Crippen molar-refractivity contribution < 1.29 is 0 Å². The third kappa shape index (κ3) is 1.73. The zero-order valence-electron chi connectivity index (χ0n) is 8.96. The van der Waals surface area contributed by atoms with Gasteiger partial charge in [-0.1, -0.05) is 43.9 Å². The Morgan fingerprint density at radius 2 is 2.13 bits per heavy atom. The molecule has 76 valence electrons. The molecule has 2 rings (SSSR count). The minimum Gasteiger partial charge on any atom is -0.355 e. The second kappa shape index (κ2) is 4.18. The number of H-pyrrole nitrogens is 1. The van der Waals surface area contributed by atoms with Crippen LogP contribution < -0.4 is 0 Å². The maximum Gasteiger partial charge on any atom is 0.0464 e. The molecule has 0 bridgehead atoms. The molecule has 1 N–H and O–H groups in total. The lowest BCUT2D eigenvalue weighted by Crippen LogP contribution is -1.74. The van der Waals surface area contributed by atoms with Crippen molar-refractivity contribution in [1.29, 1.82) is 0 Å². The summed E-state index contributed by atoms with van der Waals surface area (Å²) < 4.78 is 0. The third-order valence-corrected chi connectivity index (χ3v) is 2.50. The van der Waals surface area contributed by atoms with E-state index in [1.54, 1.807) is 0 Å². The van der Waals surface area contributed by atoms with Crippen LogP contribution in [0.2, 0.25) is 0 Å². The van der Waals surface area contributed by atoms with Crippen molar-refractivity contribution in [3.8, 4) is 0 Å². The Morgan fingerprint density at radius 1 is 1.33 bits per heavy atom. The van der Waals surface area contributed by atoms with E-state index in [1.807, 2.05) is 12.1 Å². The molecule has 1 aromatic heterocycles. The molecule has 1 heterocycles. The second-order valence-corrected chi connectivity index (χ2v) is 3.51. The fraction of sp³-hybridized carbons (Fsp3) is 0.143. The topological polar surface area (TPSA) is 15.8 Å². The standard InChI is InChI=1S/C14H15N/c1-3-5-9-13-11(4-2)12-8-6-7-10-14(12)15-13/h4-10,15H,2-3H2,1H3/b9-5-. The smallest absolute Gasteiger partial charge is 0.0464 e. The minimum absolute atomic E-state index is 1.05. The predicted octanol–water partition coefficient (Wildman–Crippen LogP) is 4.23. The number of hydrogen-bond donors (Lipinski definition) is 1. The second-order valence-electron chi connectivity index (χ2n) is 3.51. The zero-order chi connectivity index (χ0) is 10.7. The number of rotatable bonds is 3. The Bertz CT molecular complexity index is 503. The van der Waals surface area contributed by atoms with Crippen LogP contribution in [0.1, 0.15) is 24.6 Å². The Balaban J connectivity index is 2.63. The summed E-state index contributed by atoms with van der Waals surface area (Å²) in [6.07, 6.45) is 7.23. The maximum absolute atomic E-state index is 3.87. The third-order valence-electron chi connectivity index (χ3n) is 2.50. The molecule has 0 amide bonds. The molecule has 0 spiro atoms. The molecule has 0 aliphatic rings. The number of hydrogen-bond acceptors (Lipinski definition) is 0. The van der Waals surface area contributed by atoms with Crippen LogP contribution in [0.4, 0.5) is 0 Å². The fourth-order valence-electron chi connectivity index (χ4n) is 1.77. The van der Waals surface area contributed by atoms with Crippen molar-refractivity contribution in [2.45, 2.75) is 13.3 Å². The van der Waals surface area contributed by atoms with E-state index in [2.05, 4.69) is 48.8 Å². The van der Waals surface area contributed by atoms with Crippen LogP contribution in [0.25, 0.3) is 23.1 Å². The molecular weight excluding hydrogens is 182 g/mol. The average Bonchev–Trinajstić information content (AvgIpc) is 2.63. The van der Waals surface area contributed by atoms with Gasteiger partial charge in [-0.3, -0.25) is 0 Å². The number of benzene rings is 1. The number of nitrogens with one attached hydrogen (secondary N) is 1. The quantitative estimate of drug-likeness (QED) is 0.757. The molecule has 0 aliphatic heterocycles. The highest BCUT2D eigenvalue weighted by molar-refractivity contribution is 5.92.